The quantitative estimate of drug-likeness (QED) is 0.871. The number of piperidine rings is 1. The summed E-state index contributed by atoms with van der Waals surface area (Å²) in [6.45, 7) is 7.60. The Morgan fingerprint density at radius 2 is 2.13 bits per heavy atom. The third-order valence-electron chi connectivity index (χ3n) is 3.81. The van der Waals surface area contributed by atoms with Crippen LogP contribution in [0.5, 0.6) is 0 Å². The van der Waals surface area contributed by atoms with Crippen molar-refractivity contribution in [1.29, 1.82) is 0 Å². The van der Waals surface area contributed by atoms with Crippen LogP contribution in [0.25, 0.3) is 0 Å². The molecule has 1 atom stereocenters. The van der Waals surface area contributed by atoms with Crippen molar-refractivity contribution in [2.75, 3.05) is 13.1 Å². The van der Waals surface area contributed by atoms with E-state index in [4.69, 9.17) is 14.3 Å². The van der Waals surface area contributed by atoms with E-state index in [9.17, 15) is 4.79 Å². The van der Waals surface area contributed by atoms with Gasteiger partial charge in [-0.1, -0.05) is 0 Å². The van der Waals surface area contributed by atoms with Gasteiger partial charge in [0.15, 0.2) is 0 Å². The summed E-state index contributed by atoms with van der Waals surface area (Å²) in [7, 11) is 0. The molecule has 6 heteroatoms. The number of rotatable bonds is 5. The van der Waals surface area contributed by atoms with Crippen molar-refractivity contribution in [3.63, 3.8) is 0 Å². The fourth-order valence-electron chi connectivity index (χ4n) is 2.74. The molecular weight excluding hydrogens is 296 g/mol. The number of carbonyl (C=O) groups excluding carboxylic acids is 1. The number of nitrogens with zero attached hydrogens (tertiary/aromatic N) is 1. The first-order valence-corrected chi connectivity index (χ1v) is 8.28. The lowest BCUT2D eigenvalue weighted by Gasteiger charge is -2.36. The largest absolute Gasteiger partial charge is 0.462 e. The Labute approximate surface area is 137 Å². The highest BCUT2D eigenvalue weighted by atomic mass is 16.6. The molecule has 0 aromatic carbocycles. The van der Waals surface area contributed by atoms with Crippen molar-refractivity contribution in [2.24, 2.45) is 0 Å². The van der Waals surface area contributed by atoms with E-state index >= 15 is 0 Å². The molecule has 1 saturated heterocycles. The normalized spacial score (nSPS) is 19.0. The standard InChI is InChI=1S/C17H28N2O4/c1-17(2,3)23-16(21)19-9-5-4-6-13(19)10-18-11-14-7-8-15(12-20)22-14/h7-8,13,18,20H,4-6,9-12H2,1-3H3. The number of aliphatic hydroxyl groups excluding tert-OH is 1. The van der Waals surface area contributed by atoms with E-state index in [2.05, 4.69) is 5.32 Å². The predicted molar refractivity (Wildman–Crippen MR) is 86.9 cm³/mol. The average molecular weight is 324 g/mol. The summed E-state index contributed by atoms with van der Waals surface area (Å²) in [5.74, 6) is 1.35. The summed E-state index contributed by atoms with van der Waals surface area (Å²) in [6, 6.07) is 3.77. The summed E-state index contributed by atoms with van der Waals surface area (Å²) in [5, 5.41) is 12.3. The van der Waals surface area contributed by atoms with Gasteiger partial charge in [0.2, 0.25) is 0 Å². The van der Waals surface area contributed by atoms with E-state index in [0.29, 0.717) is 18.8 Å². The number of carbonyl (C=O) groups is 1. The van der Waals surface area contributed by atoms with Crippen molar-refractivity contribution < 1.29 is 19.1 Å². The average Bonchev–Trinajstić information content (AvgIpc) is 2.94. The van der Waals surface area contributed by atoms with Crippen molar-refractivity contribution in [2.45, 2.75) is 64.8 Å². The van der Waals surface area contributed by atoms with Crippen LogP contribution in [0.2, 0.25) is 0 Å². The number of aliphatic hydroxyl groups is 1. The smallest absolute Gasteiger partial charge is 0.410 e. The zero-order valence-corrected chi connectivity index (χ0v) is 14.3. The zero-order chi connectivity index (χ0) is 16.9. The van der Waals surface area contributed by atoms with Gasteiger partial charge in [-0.05, 0) is 52.2 Å². The third-order valence-corrected chi connectivity index (χ3v) is 3.81. The number of amides is 1. The third kappa shape index (κ3) is 5.55. The molecular formula is C17H28N2O4. The molecule has 23 heavy (non-hydrogen) atoms. The van der Waals surface area contributed by atoms with Crippen molar-refractivity contribution in [3.05, 3.63) is 23.7 Å². The highest BCUT2D eigenvalue weighted by Crippen LogP contribution is 2.20. The molecule has 2 heterocycles. The van der Waals surface area contributed by atoms with Gasteiger partial charge >= 0.3 is 6.09 Å². The Balaban J connectivity index is 1.84. The molecule has 1 fully saturated rings. The van der Waals surface area contributed by atoms with Crippen LogP contribution in [0, 0.1) is 0 Å². The van der Waals surface area contributed by atoms with Gasteiger partial charge in [0.1, 0.15) is 23.7 Å². The van der Waals surface area contributed by atoms with Gasteiger partial charge < -0.3 is 24.5 Å². The van der Waals surface area contributed by atoms with Crippen molar-refractivity contribution in [3.8, 4) is 0 Å². The van der Waals surface area contributed by atoms with Crippen LogP contribution < -0.4 is 5.32 Å². The molecule has 0 saturated carbocycles. The Kier molecular flexibility index (Phi) is 6.07. The van der Waals surface area contributed by atoms with Crippen molar-refractivity contribution >= 4 is 6.09 Å². The van der Waals surface area contributed by atoms with Crippen LogP contribution >= 0.6 is 0 Å². The molecule has 0 spiro atoms. The SMILES string of the molecule is CC(C)(C)OC(=O)N1CCCCC1CNCc1ccc(CO)o1. The molecule has 0 aliphatic carbocycles. The molecule has 130 valence electrons. The number of nitrogens with one attached hydrogen (secondary N) is 1. The van der Waals surface area contributed by atoms with Crippen LogP contribution in [0.1, 0.15) is 51.6 Å². The maximum atomic E-state index is 12.3. The van der Waals surface area contributed by atoms with E-state index in [1.165, 1.54) is 0 Å². The van der Waals surface area contributed by atoms with Gasteiger partial charge in [0, 0.05) is 19.1 Å². The van der Waals surface area contributed by atoms with Crippen molar-refractivity contribution in [1.82, 2.24) is 10.2 Å². The second kappa shape index (κ2) is 7.84. The van der Waals surface area contributed by atoms with E-state index < -0.39 is 5.60 Å². The van der Waals surface area contributed by atoms with Gasteiger partial charge in [0.05, 0.1) is 6.54 Å². The van der Waals surface area contributed by atoms with E-state index in [1.807, 2.05) is 31.7 Å². The Morgan fingerprint density at radius 1 is 1.39 bits per heavy atom. The number of hydrogen-bond donors (Lipinski definition) is 2. The molecule has 0 bridgehead atoms. The monoisotopic (exact) mass is 324 g/mol. The first kappa shape index (κ1) is 17.8. The summed E-state index contributed by atoms with van der Waals surface area (Å²) >= 11 is 0. The van der Waals surface area contributed by atoms with Gasteiger partial charge in [-0.15, -0.1) is 0 Å². The molecule has 0 radical (unpaired) electrons. The Hall–Kier alpha value is -1.53. The lowest BCUT2D eigenvalue weighted by atomic mass is 10.0. The Morgan fingerprint density at radius 3 is 2.78 bits per heavy atom. The molecule has 1 aromatic heterocycles. The number of likely N-dealkylation sites (tertiary alicyclic amines) is 1. The van der Waals surface area contributed by atoms with Gasteiger partial charge in [-0.3, -0.25) is 0 Å². The lowest BCUT2D eigenvalue weighted by Crippen LogP contribution is -2.50. The van der Waals surface area contributed by atoms with E-state index in [0.717, 1.165) is 31.6 Å². The molecule has 1 aliphatic heterocycles. The van der Waals surface area contributed by atoms with Crippen LogP contribution in [-0.4, -0.2) is 40.8 Å². The Bertz CT molecular complexity index is 507. The number of ether oxygens (including phenoxy) is 1. The number of furan rings is 1. The van der Waals surface area contributed by atoms with Crippen LogP contribution in [-0.2, 0) is 17.9 Å². The molecule has 2 rings (SSSR count). The first-order chi connectivity index (χ1) is 10.9. The predicted octanol–water partition coefficient (Wildman–Crippen LogP) is 2.65. The highest BCUT2D eigenvalue weighted by Gasteiger charge is 2.30. The maximum absolute atomic E-state index is 12.3. The first-order valence-electron chi connectivity index (χ1n) is 8.28. The molecule has 1 amide bonds. The topological polar surface area (TPSA) is 74.9 Å². The molecule has 6 nitrogen and oxygen atoms in total. The zero-order valence-electron chi connectivity index (χ0n) is 14.3. The second-order valence-corrected chi connectivity index (χ2v) is 6.98. The summed E-state index contributed by atoms with van der Waals surface area (Å²) in [6.07, 6.45) is 2.89. The minimum Gasteiger partial charge on any atom is -0.462 e. The fraction of sp³-hybridized carbons (Fsp3) is 0.706. The van der Waals surface area contributed by atoms with Gasteiger partial charge in [-0.25, -0.2) is 4.79 Å². The number of hydrogen-bond acceptors (Lipinski definition) is 5. The molecule has 1 unspecified atom stereocenters. The summed E-state index contributed by atoms with van der Waals surface area (Å²) in [4.78, 5) is 14.2. The minimum absolute atomic E-state index is 0.0882. The molecule has 2 N–H and O–H groups in total. The van der Waals surface area contributed by atoms with E-state index in [1.54, 1.807) is 6.07 Å². The summed E-state index contributed by atoms with van der Waals surface area (Å²) < 4.78 is 10.9. The fourth-order valence-corrected chi connectivity index (χ4v) is 2.74. The highest BCUT2D eigenvalue weighted by molar-refractivity contribution is 5.68. The maximum Gasteiger partial charge on any atom is 0.410 e. The van der Waals surface area contributed by atoms with E-state index in [-0.39, 0.29) is 18.7 Å². The second-order valence-electron chi connectivity index (χ2n) is 6.98. The lowest BCUT2D eigenvalue weighted by molar-refractivity contribution is 0.00990. The van der Waals surface area contributed by atoms with Gasteiger partial charge in [0.25, 0.3) is 0 Å². The molecule has 1 aromatic rings. The van der Waals surface area contributed by atoms with Gasteiger partial charge in [-0.2, -0.15) is 0 Å². The molecule has 1 aliphatic rings. The minimum atomic E-state index is -0.471. The van der Waals surface area contributed by atoms with Crippen LogP contribution in [0.4, 0.5) is 4.79 Å². The van der Waals surface area contributed by atoms with Crippen LogP contribution in [0.15, 0.2) is 16.5 Å². The van der Waals surface area contributed by atoms with Crippen LogP contribution in [0.3, 0.4) is 0 Å². The summed E-state index contributed by atoms with van der Waals surface area (Å²) in [5.41, 5.74) is -0.471.